The van der Waals surface area contributed by atoms with E-state index in [4.69, 9.17) is 5.11 Å². The van der Waals surface area contributed by atoms with E-state index in [-0.39, 0.29) is 18.7 Å². The van der Waals surface area contributed by atoms with Crippen molar-refractivity contribution in [2.45, 2.75) is 25.4 Å². The summed E-state index contributed by atoms with van der Waals surface area (Å²) >= 11 is 0. The van der Waals surface area contributed by atoms with E-state index in [9.17, 15) is 22.4 Å². The van der Waals surface area contributed by atoms with Crippen molar-refractivity contribution in [2.75, 3.05) is 11.9 Å². The fourth-order valence-electron chi connectivity index (χ4n) is 1.38. The molecule has 2 N–H and O–H groups in total. The van der Waals surface area contributed by atoms with Crippen molar-refractivity contribution in [2.24, 2.45) is 0 Å². The summed E-state index contributed by atoms with van der Waals surface area (Å²) in [7, 11) is 0. The van der Waals surface area contributed by atoms with Crippen molar-refractivity contribution in [3.05, 3.63) is 29.6 Å². The molecule has 0 bridgehead atoms. The molecule has 0 heterocycles. The average molecular weight is 303 g/mol. The fourth-order valence-corrected chi connectivity index (χ4v) is 1.38. The number of amides is 1. The molecule has 1 rings (SSSR count). The standard InChI is InChI=1S/C14H13F4NO2/c15-11-9-10(3-1-2-8-20)4-5-12(11)19-13(21)6-7-14(16,17)18/h4-5,9,20H,2,6-8H2,(H,19,21). The highest BCUT2D eigenvalue weighted by molar-refractivity contribution is 5.90. The van der Waals surface area contributed by atoms with Crippen LogP contribution in [-0.4, -0.2) is 23.8 Å². The first kappa shape index (κ1) is 17.0. The molecule has 1 amide bonds. The van der Waals surface area contributed by atoms with Gasteiger partial charge >= 0.3 is 6.18 Å². The zero-order valence-electron chi connectivity index (χ0n) is 10.9. The molecular weight excluding hydrogens is 290 g/mol. The summed E-state index contributed by atoms with van der Waals surface area (Å²) < 4.78 is 49.5. The normalized spacial score (nSPS) is 10.7. The van der Waals surface area contributed by atoms with Crippen molar-refractivity contribution in [1.82, 2.24) is 0 Å². The van der Waals surface area contributed by atoms with E-state index in [0.29, 0.717) is 5.56 Å². The minimum Gasteiger partial charge on any atom is -0.395 e. The van der Waals surface area contributed by atoms with Crippen LogP contribution >= 0.6 is 0 Å². The molecule has 0 saturated carbocycles. The molecule has 0 atom stereocenters. The maximum absolute atomic E-state index is 13.6. The first-order valence-electron chi connectivity index (χ1n) is 6.07. The smallest absolute Gasteiger partial charge is 0.389 e. The van der Waals surface area contributed by atoms with Gasteiger partial charge in [0.1, 0.15) is 5.82 Å². The Morgan fingerprint density at radius 1 is 1.33 bits per heavy atom. The number of halogens is 4. The molecule has 7 heteroatoms. The van der Waals surface area contributed by atoms with Crippen LogP contribution in [0.1, 0.15) is 24.8 Å². The Morgan fingerprint density at radius 3 is 2.62 bits per heavy atom. The molecule has 1 aromatic rings. The Kier molecular flexibility index (Phi) is 6.18. The van der Waals surface area contributed by atoms with Crippen LogP contribution in [-0.2, 0) is 4.79 Å². The van der Waals surface area contributed by atoms with Crippen molar-refractivity contribution in [1.29, 1.82) is 0 Å². The van der Waals surface area contributed by atoms with E-state index in [2.05, 4.69) is 17.2 Å². The number of carbonyl (C=O) groups excluding carboxylic acids is 1. The van der Waals surface area contributed by atoms with Gasteiger partial charge in [-0.15, -0.1) is 0 Å². The van der Waals surface area contributed by atoms with Gasteiger partial charge in [-0.25, -0.2) is 4.39 Å². The minimum absolute atomic E-state index is 0.108. The number of carbonyl (C=O) groups is 1. The fraction of sp³-hybridized carbons (Fsp3) is 0.357. The van der Waals surface area contributed by atoms with Gasteiger partial charge in [-0.3, -0.25) is 4.79 Å². The number of nitrogens with one attached hydrogen (secondary N) is 1. The largest absolute Gasteiger partial charge is 0.395 e. The molecular formula is C14H13F4NO2. The molecule has 0 aliphatic rings. The molecule has 114 valence electrons. The van der Waals surface area contributed by atoms with Gasteiger partial charge in [-0.2, -0.15) is 13.2 Å². The second kappa shape index (κ2) is 7.64. The summed E-state index contributed by atoms with van der Waals surface area (Å²) in [5.41, 5.74) is 0.143. The Bertz CT molecular complexity index is 558. The Labute approximate surface area is 119 Å². The summed E-state index contributed by atoms with van der Waals surface area (Å²) in [5.74, 6) is 3.50. The first-order chi connectivity index (χ1) is 9.81. The summed E-state index contributed by atoms with van der Waals surface area (Å²) in [5, 5.41) is 10.6. The highest BCUT2D eigenvalue weighted by Gasteiger charge is 2.28. The van der Waals surface area contributed by atoms with Crippen molar-refractivity contribution in [3.8, 4) is 11.8 Å². The van der Waals surface area contributed by atoms with Crippen LogP contribution in [0.15, 0.2) is 18.2 Å². The van der Waals surface area contributed by atoms with Crippen molar-refractivity contribution < 1.29 is 27.5 Å². The molecule has 0 aromatic heterocycles. The van der Waals surface area contributed by atoms with Crippen molar-refractivity contribution in [3.63, 3.8) is 0 Å². The van der Waals surface area contributed by atoms with E-state index in [0.717, 1.165) is 6.07 Å². The number of hydrogen-bond acceptors (Lipinski definition) is 2. The number of benzene rings is 1. The van der Waals surface area contributed by atoms with Gasteiger partial charge < -0.3 is 10.4 Å². The quantitative estimate of drug-likeness (QED) is 0.664. The molecule has 3 nitrogen and oxygen atoms in total. The Hall–Kier alpha value is -2.07. The van der Waals surface area contributed by atoms with E-state index >= 15 is 0 Å². The molecule has 0 aliphatic heterocycles. The van der Waals surface area contributed by atoms with Gasteiger partial charge in [0.25, 0.3) is 0 Å². The number of aliphatic hydroxyl groups is 1. The summed E-state index contributed by atoms with van der Waals surface area (Å²) in [6.45, 7) is -0.108. The number of anilines is 1. The van der Waals surface area contributed by atoms with Gasteiger partial charge in [0.15, 0.2) is 0 Å². The molecule has 0 saturated heterocycles. The zero-order chi connectivity index (χ0) is 15.9. The van der Waals surface area contributed by atoms with Crippen LogP contribution < -0.4 is 5.32 Å². The lowest BCUT2D eigenvalue weighted by Crippen LogP contribution is -2.17. The van der Waals surface area contributed by atoms with Gasteiger partial charge in [0.05, 0.1) is 18.7 Å². The van der Waals surface area contributed by atoms with Gasteiger partial charge in [-0.05, 0) is 18.2 Å². The highest BCUT2D eigenvalue weighted by atomic mass is 19.4. The lowest BCUT2D eigenvalue weighted by molar-refractivity contribution is -0.142. The maximum Gasteiger partial charge on any atom is 0.389 e. The van der Waals surface area contributed by atoms with Crippen LogP contribution in [0, 0.1) is 17.7 Å². The first-order valence-corrected chi connectivity index (χ1v) is 6.07. The Balaban J connectivity index is 2.65. The SMILES string of the molecule is O=C(CCC(F)(F)F)Nc1ccc(C#CCCO)cc1F. The second-order valence-corrected chi connectivity index (χ2v) is 4.13. The van der Waals surface area contributed by atoms with E-state index in [1.54, 1.807) is 0 Å². The number of rotatable bonds is 4. The third-order valence-electron chi connectivity index (χ3n) is 2.35. The van der Waals surface area contributed by atoms with Crippen LogP contribution in [0.2, 0.25) is 0 Å². The lowest BCUT2D eigenvalue weighted by atomic mass is 10.2. The van der Waals surface area contributed by atoms with Gasteiger partial charge in [0, 0.05) is 18.4 Å². The number of hydrogen-bond donors (Lipinski definition) is 2. The second-order valence-electron chi connectivity index (χ2n) is 4.13. The molecule has 0 aliphatic carbocycles. The van der Waals surface area contributed by atoms with Crippen LogP contribution in [0.25, 0.3) is 0 Å². The van der Waals surface area contributed by atoms with Gasteiger partial charge in [-0.1, -0.05) is 11.8 Å². The third kappa shape index (κ3) is 6.77. The molecule has 21 heavy (non-hydrogen) atoms. The highest BCUT2D eigenvalue weighted by Crippen LogP contribution is 2.22. The summed E-state index contributed by atoms with van der Waals surface area (Å²) in [4.78, 5) is 11.3. The number of aliphatic hydroxyl groups excluding tert-OH is 1. The third-order valence-corrected chi connectivity index (χ3v) is 2.35. The number of alkyl halides is 3. The Morgan fingerprint density at radius 2 is 2.05 bits per heavy atom. The molecule has 1 aromatic carbocycles. The van der Waals surface area contributed by atoms with Crippen molar-refractivity contribution >= 4 is 11.6 Å². The minimum atomic E-state index is -4.43. The van der Waals surface area contributed by atoms with Crippen LogP contribution in [0.5, 0.6) is 0 Å². The molecule has 0 radical (unpaired) electrons. The lowest BCUT2D eigenvalue weighted by Gasteiger charge is -2.08. The molecule has 0 fully saturated rings. The summed E-state index contributed by atoms with van der Waals surface area (Å²) in [6, 6.07) is 3.71. The van der Waals surface area contributed by atoms with Crippen LogP contribution in [0.4, 0.5) is 23.2 Å². The summed E-state index contributed by atoms with van der Waals surface area (Å²) in [6.07, 6.45) is -6.20. The average Bonchev–Trinajstić information content (AvgIpc) is 2.39. The van der Waals surface area contributed by atoms with E-state index < -0.39 is 30.7 Å². The molecule has 0 unspecified atom stereocenters. The zero-order valence-corrected chi connectivity index (χ0v) is 10.9. The van der Waals surface area contributed by atoms with Gasteiger partial charge in [0.2, 0.25) is 5.91 Å². The maximum atomic E-state index is 13.6. The topological polar surface area (TPSA) is 49.3 Å². The monoisotopic (exact) mass is 303 g/mol. The molecule has 0 spiro atoms. The van der Waals surface area contributed by atoms with Crippen LogP contribution in [0.3, 0.4) is 0 Å². The predicted molar refractivity (Wildman–Crippen MR) is 68.9 cm³/mol. The predicted octanol–water partition coefficient (Wildman–Crippen LogP) is 2.84. The van der Waals surface area contributed by atoms with E-state index in [1.165, 1.54) is 12.1 Å². The van der Waals surface area contributed by atoms with E-state index in [1.807, 2.05) is 0 Å².